The number of benzene rings is 1. The maximum Gasteiger partial charge on any atom is 0.416 e. The summed E-state index contributed by atoms with van der Waals surface area (Å²) in [6.45, 7) is 0. The average Bonchev–Trinajstić information content (AvgIpc) is 2.28. The Labute approximate surface area is 106 Å². The van der Waals surface area contributed by atoms with Gasteiger partial charge in [0.25, 0.3) is 0 Å². The normalized spacial score (nSPS) is 11.1. The molecule has 5 nitrogen and oxygen atoms in total. The molecule has 0 aliphatic carbocycles. The number of nitrogen functional groups attached to an aromatic ring is 1. The number of nitrogens with two attached hydrogens (primary N) is 1. The van der Waals surface area contributed by atoms with Crippen molar-refractivity contribution < 1.29 is 27.9 Å². The molecule has 0 atom stereocenters. The molecule has 0 saturated carbocycles. The van der Waals surface area contributed by atoms with Crippen molar-refractivity contribution >= 4 is 23.3 Å². The summed E-state index contributed by atoms with van der Waals surface area (Å²) in [5, 5.41) is 10.5. The number of anilines is 2. The van der Waals surface area contributed by atoms with Gasteiger partial charge in [-0.3, -0.25) is 9.59 Å². The summed E-state index contributed by atoms with van der Waals surface area (Å²) in [6.07, 6.45) is -5.30. The Hall–Kier alpha value is -2.25. The number of hydrogen-bond donors (Lipinski definition) is 3. The molecule has 1 aromatic rings. The van der Waals surface area contributed by atoms with Gasteiger partial charge in [-0.15, -0.1) is 0 Å². The predicted molar refractivity (Wildman–Crippen MR) is 61.4 cm³/mol. The molecule has 19 heavy (non-hydrogen) atoms. The van der Waals surface area contributed by atoms with Crippen LogP contribution in [-0.2, 0) is 15.8 Å². The standard InChI is InChI=1S/C11H11F3N2O3/c12-11(13,14)6-1-2-7(15)8(5-6)16-9(17)3-4-10(18)19/h1-2,5H,3-4,15H2,(H,16,17)(H,18,19). The van der Waals surface area contributed by atoms with E-state index >= 15 is 0 Å². The van der Waals surface area contributed by atoms with Crippen molar-refractivity contribution in [3.8, 4) is 0 Å². The van der Waals surface area contributed by atoms with Crippen LogP contribution >= 0.6 is 0 Å². The Balaban J connectivity index is 2.83. The lowest BCUT2D eigenvalue weighted by atomic mass is 10.1. The number of halogens is 3. The smallest absolute Gasteiger partial charge is 0.416 e. The summed E-state index contributed by atoms with van der Waals surface area (Å²) >= 11 is 0. The van der Waals surface area contributed by atoms with E-state index in [0.29, 0.717) is 6.07 Å². The minimum atomic E-state index is -4.55. The average molecular weight is 276 g/mol. The molecule has 0 spiro atoms. The van der Waals surface area contributed by atoms with Crippen LogP contribution in [0.4, 0.5) is 24.5 Å². The second-order valence-corrected chi connectivity index (χ2v) is 3.74. The highest BCUT2D eigenvalue weighted by Gasteiger charge is 2.31. The van der Waals surface area contributed by atoms with Gasteiger partial charge in [0.1, 0.15) is 0 Å². The molecule has 0 saturated heterocycles. The number of carbonyl (C=O) groups is 2. The lowest BCUT2D eigenvalue weighted by molar-refractivity contribution is -0.138. The molecular weight excluding hydrogens is 265 g/mol. The van der Waals surface area contributed by atoms with E-state index in [2.05, 4.69) is 5.32 Å². The van der Waals surface area contributed by atoms with E-state index in [0.717, 1.165) is 12.1 Å². The van der Waals surface area contributed by atoms with Crippen molar-refractivity contribution in [1.82, 2.24) is 0 Å². The third kappa shape index (κ3) is 4.49. The van der Waals surface area contributed by atoms with E-state index in [1.54, 1.807) is 0 Å². The Kier molecular flexibility index (Phi) is 4.36. The van der Waals surface area contributed by atoms with Gasteiger partial charge in [-0.05, 0) is 18.2 Å². The number of rotatable bonds is 4. The van der Waals surface area contributed by atoms with E-state index in [1.165, 1.54) is 0 Å². The molecule has 0 bridgehead atoms. The van der Waals surface area contributed by atoms with Crippen molar-refractivity contribution in [3.05, 3.63) is 23.8 Å². The van der Waals surface area contributed by atoms with Gasteiger partial charge in [-0.2, -0.15) is 13.2 Å². The highest BCUT2D eigenvalue weighted by Crippen LogP contribution is 2.33. The molecule has 104 valence electrons. The van der Waals surface area contributed by atoms with Gasteiger partial charge in [0.2, 0.25) is 5.91 Å². The fourth-order valence-electron chi connectivity index (χ4n) is 1.27. The number of alkyl halides is 3. The van der Waals surface area contributed by atoms with Gasteiger partial charge < -0.3 is 16.2 Å². The summed E-state index contributed by atoms with van der Waals surface area (Å²) in [6, 6.07) is 2.52. The number of carboxylic acids is 1. The SMILES string of the molecule is Nc1ccc(C(F)(F)F)cc1NC(=O)CCC(=O)O. The lowest BCUT2D eigenvalue weighted by Gasteiger charge is -2.12. The van der Waals surface area contributed by atoms with Gasteiger partial charge in [-0.1, -0.05) is 0 Å². The van der Waals surface area contributed by atoms with Crippen LogP contribution in [0.15, 0.2) is 18.2 Å². The molecule has 8 heteroatoms. The first-order chi connectivity index (χ1) is 8.70. The molecule has 4 N–H and O–H groups in total. The van der Waals surface area contributed by atoms with E-state index in [-0.39, 0.29) is 17.8 Å². The number of carboxylic acid groups (broad SMARTS) is 1. The van der Waals surface area contributed by atoms with Crippen LogP contribution < -0.4 is 11.1 Å². The summed E-state index contributed by atoms with van der Waals surface area (Å²) in [4.78, 5) is 21.6. The molecule has 0 aromatic heterocycles. The number of nitrogens with one attached hydrogen (secondary N) is 1. The molecule has 1 aromatic carbocycles. The maximum atomic E-state index is 12.5. The Morgan fingerprint density at radius 2 is 1.89 bits per heavy atom. The van der Waals surface area contributed by atoms with Crippen LogP contribution in [0.25, 0.3) is 0 Å². The zero-order valence-corrected chi connectivity index (χ0v) is 9.62. The monoisotopic (exact) mass is 276 g/mol. The zero-order chi connectivity index (χ0) is 14.6. The van der Waals surface area contributed by atoms with E-state index in [1.807, 2.05) is 0 Å². The number of carbonyl (C=O) groups excluding carboxylic acids is 1. The van der Waals surface area contributed by atoms with Gasteiger partial charge in [0, 0.05) is 6.42 Å². The van der Waals surface area contributed by atoms with Gasteiger partial charge >= 0.3 is 12.1 Å². The molecule has 0 fully saturated rings. The van der Waals surface area contributed by atoms with Gasteiger partial charge in [-0.25, -0.2) is 0 Å². The minimum Gasteiger partial charge on any atom is -0.481 e. The Morgan fingerprint density at radius 3 is 2.42 bits per heavy atom. The summed E-state index contributed by atoms with van der Waals surface area (Å²) in [5.41, 5.74) is 4.27. The number of amides is 1. The summed E-state index contributed by atoms with van der Waals surface area (Å²) in [7, 11) is 0. The third-order valence-electron chi connectivity index (χ3n) is 2.22. The molecule has 0 aliphatic rings. The summed E-state index contributed by atoms with van der Waals surface area (Å²) < 4.78 is 37.4. The second-order valence-electron chi connectivity index (χ2n) is 3.74. The molecular formula is C11H11F3N2O3. The molecule has 0 aliphatic heterocycles. The number of hydrogen-bond acceptors (Lipinski definition) is 3. The fourth-order valence-corrected chi connectivity index (χ4v) is 1.27. The van der Waals surface area contributed by atoms with E-state index < -0.39 is 30.0 Å². The zero-order valence-electron chi connectivity index (χ0n) is 9.62. The Morgan fingerprint density at radius 1 is 1.26 bits per heavy atom. The lowest BCUT2D eigenvalue weighted by Crippen LogP contribution is -2.15. The van der Waals surface area contributed by atoms with E-state index in [4.69, 9.17) is 10.8 Å². The number of aliphatic carboxylic acids is 1. The van der Waals surface area contributed by atoms with Crippen molar-refractivity contribution in [3.63, 3.8) is 0 Å². The van der Waals surface area contributed by atoms with Gasteiger partial charge in [0.05, 0.1) is 23.4 Å². The van der Waals surface area contributed by atoms with E-state index in [9.17, 15) is 22.8 Å². The van der Waals surface area contributed by atoms with Crippen molar-refractivity contribution in [2.45, 2.75) is 19.0 Å². The first kappa shape index (κ1) is 14.8. The highest BCUT2D eigenvalue weighted by atomic mass is 19.4. The van der Waals surface area contributed by atoms with Crippen LogP contribution in [0.5, 0.6) is 0 Å². The van der Waals surface area contributed by atoms with Crippen LogP contribution in [-0.4, -0.2) is 17.0 Å². The van der Waals surface area contributed by atoms with Gasteiger partial charge in [0.15, 0.2) is 0 Å². The first-order valence-electron chi connectivity index (χ1n) is 5.18. The van der Waals surface area contributed by atoms with Crippen LogP contribution in [0, 0.1) is 0 Å². The van der Waals surface area contributed by atoms with Crippen molar-refractivity contribution in [1.29, 1.82) is 0 Å². The van der Waals surface area contributed by atoms with Crippen LogP contribution in [0.2, 0.25) is 0 Å². The molecule has 0 unspecified atom stereocenters. The first-order valence-corrected chi connectivity index (χ1v) is 5.18. The summed E-state index contributed by atoms with van der Waals surface area (Å²) in [5.74, 6) is -1.89. The van der Waals surface area contributed by atoms with Crippen molar-refractivity contribution in [2.75, 3.05) is 11.1 Å². The quantitative estimate of drug-likeness (QED) is 0.734. The Bertz CT molecular complexity index is 500. The molecule has 1 amide bonds. The molecule has 0 heterocycles. The second kappa shape index (κ2) is 5.59. The fraction of sp³-hybridized carbons (Fsp3) is 0.273. The third-order valence-corrected chi connectivity index (χ3v) is 2.22. The van der Waals surface area contributed by atoms with Crippen LogP contribution in [0.3, 0.4) is 0 Å². The van der Waals surface area contributed by atoms with Crippen LogP contribution in [0.1, 0.15) is 18.4 Å². The topological polar surface area (TPSA) is 92.4 Å². The highest BCUT2D eigenvalue weighted by molar-refractivity contribution is 5.95. The maximum absolute atomic E-state index is 12.5. The minimum absolute atomic E-state index is 0.0309. The molecule has 0 radical (unpaired) electrons. The van der Waals surface area contributed by atoms with Crippen molar-refractivity contribution in [2.24, 2.45) is 0 Å². The largest absolute Gasteiger partial charge is 0.481 e. The molecule has 1 rings (SSSR count). The predicted octanol–water partition coefficient (Wildman–Crippen LogP) is 2.09.